The van der Waals surface area contributed by atoms with E-state index < -0.39 is 0 Å². The Balaban J connectivity index is 1.60. The maximum absolute atomic E-state index is 12.5. The number of benzene rings is 1. The van der Waals surface area contributed by atoms with Gasteiger partial charge in [0.1, 0.15) is 6.26 Å². The van der Waals surface area contributed by atoms with Gasteiger partial charge in [-0.2, -0.15) is 0 Å². The first-order valence-electron chi connectivity index (χ1n) is 10.9. The predicted molar refractivity (Wildman–Crippen MR) is 122 cm³/mol. The van der Waals surface area contributed by atoms with E-state index in [-0.39, 0.29) is 11.4 Å². The summed E-state index contributed by atoms with van der Waals surface area (Å²) in [5.41, 5.74) is 2.37. The van der Waals surface area contributed by atoms with Gasteiger partial charge in [0, 0.05) is 56.4 Å². The Hall–Kier alpha value is -2.87. The molecule has 8 heteroatoms. The van der Waals surface area contributed by atoms with Crippen LogP contribution in [0, 0.1) is 0 Å². The third-order valence-electron chi connectivity index (χ3n) is 4.97. The Labute approximate surface area is 184 Å². The molecule has 168 valence electrons. The van der Waals surface area contributed by atoms with E-state index >= 15 is 0 Å². The van der Waals surface area contributed by atoms with Crippen LogP contribution in [0.4, 0.5) is 0 Å². The molecular formula is C23H34N6O2. The summed E-state index contributed by atoms with van der Waals surface area (Å²) in [6, 6.07) is 9.60. The second kappa shape index (κ2) is 10.4. The first-order valence-corrected chi connectivity index (χ1v) is 10.9. The molecule has 1 fully saturated rings. The zero-order chi connectivity index (χ0) is 22.3. The van der Waals surface area contributed by atoms with Crippen molar-refractivity contribution in [2.24, 2.45) is 4.99 Å². The number of hydrogen-bond acceptors (Lipinski definition) is 5. The van der Waals surface area contributed by atoms with Crippen LogP contribution in [-0.4, -0.2) is 65.1 Å². The Morgan fingerprint density at radius 2 is 1.97 bits per heavy atom. The predicted octanol–water partition coefficient (Wildman–Crippen LogP) is 2.49. The normalized spacial score (nSPS) is 15.7. The highest BCUT2D eigenvalue weighted by atomic mass is 16.5. The van der Waals surface area contributed by atoms with Gasteiger partial charge < -0.3 is 20.1 Å². The van der Waals surface area contributed by atoms with Crippen molar-refractivity contribution in [1.29, 1.82) is 0 Å². The third kappa shape index (κ3) is 7.10. The summed E-state index contributed by atoms with van der Waals surface area (Å²) in [5, 5.41) is 10.4. The minimum atomic E-state index is -0.265. The van der Waals surface area contributed by atoms with Crippen molar-refractivity contribution in [1.82, 2.24) is 25.6 Å². The molecule has 2 aromatic rings. The lowest BCUT2D eigenvalue weighted by Crippen LogP contribution is -2.52. The fourth-order valence-corrected chi connectivity index (χ4v) is 3.48. The van der Waals surface area contributed by atoms with Gasteiger partial charge in [-0.25, -0.2) is 4.99 Å². The summed E-state index contributed by atoms with van der Waals surface area (Å²) >= 11 is 0. The number of nitrogens with one attached hydrogen (secondary N) is 2. The van der Waals surface area contributed by atoms with Gasteiger partial charge in [-0.15, -0.1) is 0 Å². The average molecular weight is 427 g/mol. The maximum atomic E-state index is 12.5. The summed E-state index contributed by atoms with van der Waals surface area (Å²) in [6.07, 6.45) is 1.61. The molecule has 31 heavy (non-hydrogen) atoms. The monoisotopic (exact) mass is 426 g/mol. The molecule has 0 bridgehead atoms. The quantitative estimate of drug-likeness (QED) is 0.545. The molecule has 0 radical (unpaired) electrons. The summed E-state index contributed by atoms with van der Waals surface area (Å²) in [5.74, 6) is 0.849. The van der Waals surface area contributed by atoms with E-state index in [0.29, 0.717) is 12.1 Å². The van der Waals surface area contributed by atoms with Crippen LogP contribution in [0.15, 0.2) is 46.1 Å². The van der Waals surface area contributed by atoms with Crippen molar-refractivity contribution in [2.75, 3.05) is 32.7 Å². The van der Waals surface area contributed by atoms with E-state index in [9.17, 15) is 4.79 Å². The van der Waals surface area contributed by atoms with E-state index in [2.05, 4.69) is 32.5 Å². The minimum Gasteiger partial charge on any atom is -0.364 e. The third-order valence-corrected chi connectivity index (χ3v) is 4.97. The van der Waals surface area contributed by atoms with Crippen LogP contribution >= 0.6 is 0 Å². The van der Waals surface area contributed by atoms with Crippen molar-refractivity contribution in [2.45, 2.75) is 46.3 Å². The first kappa shape index (κ1) is 22.8. The van der Waals surface area contributed by atoms with Crippen molar-refractivity contribution in [3.05, 3.63) is 53.4 Å². The molecule has 1 aromatic heterocycles. The lowest BCUT2D eigenvalue weighted by molar-refractivity contribution is 0.0919. The molecule has 8 nitrogen and oxygen atoms in total. The second-order valence-corrected chi connectivity index (χ2v) is 8.83. The highest BCUT2D eigenvalue weighted by molar-refractivity contribution is 5.94. The van der Waals surface area contributed by atoms with Crippen LogP contribution in [0.5, 0.6) is 0 Å². The number of nitrogens with zero attached hydrogens (tertiary/aromatic N) is 4. The summed E-state index contributed by atoms with van der Waals surface area (Å²) < 4.78 is 4.93. The van der Waals surface area contributed by atoms with Crippen LogP contribution in [0.2, 0.25) is 0 Å². The number of rotatable bonds is 6. The van der Waals surface area contributed by atoms with Crippen molar-refractivity contribution < 1.29 is 9.32 Å². The fourth-order valence-electron chi connectivity index (χ4n) is 3.48. The van der Waals surface area contributed by atoms with Crippen molar-refractivity contribution in [3.8, 4) is 0 Å². The van der Waals surface area contributed by atoms with Gasteiger partial charge in [0.05, 0.1) is 12.2 Å². The highest BCUT2D eigenvalue weighted by Crippen LogP contribution is 2.11. The molecule has 0 aliphatic carbocycles. The standard InChI is InChI=1S/C23H34N6O2/c1-5-24-22(29-12-10-28(11-13-29)17-20-9-14-31-27-20)25-16-18-7-6-8-19(15-18)21(30)26-23(2,3)4/h6-9,14-15H,5,10-13,16-17H2,1-4H3,(H,24,25)(H,26,30). The number of hydrogen-bond donors (Lipinski definition) is 2. The second-order valence-electron chi connectivity index (χ2n) is 8.83. The highest BCUT2D eigenvalue weighted by Gasteiger charge is 2.20. The molecule has 0 atom stereocenters. The number of amides is 1. The van der Waals surface area contributed by atoms with Gasteiger partial charge in [0.2, 0.25) is 0 Å². The van der Waals surface area contributed by atoms with Crippen LogP contribution in [0.25, 0.3) is 0 Å². The Kier molecular flexibility index (Phi) is 7.68. The molecule has 1 aliphatic heterocycles. The van der Waals surface area contributed by atoms with E-state index in [4.69, 9.17) is 9.52 Å². The Morgan fingerprint density at radius 3 is 2.61 bits per heavy atom. The minimum absolute atomic E-state index is 0.0616. The Bertz CT molecular complexity index is 864. The van der Waals surface area contributed by atoms with Crippen LogP contribution in [-0.2, 0) is 13.1 Å². The number of aromatic nitrogens is 1. The summed E-state index contributed by atoms with van der Waals surface area (Å²) in [7, 11) is 0. The van der Waals surface area contributed by atoms with Crippen LogP contribution in [0.1, 0.15) is 49.3 Å². The summed E-state index contributed by atoms with van der Waals surface area (Å²) in [6.45, 7) is 13.8. The number of carbonyl (C=O) groups excluding carboxylic acids is 1. The average Bonchev–Trinajstić information content (AvgIpc) is 3.24. The van der Waals surface area contributed by atoms with Gasteiger partial charge in [-0.05, 0) is 45.4 Å². The molecule has 1 saturated heterocycles. The maximum Gasteiger partial charge on any atom is 0.251 e. The van der Waals surface area contributed by atoms with Crippen molar-refractivity contribution >= 4 is 11.9 Å². The number of piperazine rings is 1. The van der Waals surface area contributed by atoms with Crippen LogP contribution in [0.3, 0.4) is 0 Å². The van der Waals surface area contributed by atoms with E-state index in [1.54, 1.807) is 6.26 Å². The van der Waals surface area contributed by atoms with E-state index in [0.717, 1.165) is 56.5 Å². The molecule has 2 N–H and O–H groups in total. The zero-order valence-corrected chi connectivity index (χ0v) is 19.0. The van der Waals surface area contributed by atoms with Gasteiger partial charge in [-0.3, -0.25) is 9.69 Å². The van der Waals surface area contributed by atoms with Crippen molar-refractivity contribution in [3.63, 3.8) is 0 Å². The number of guanidine groups is 1. The molecule has 2 heterocycles. The molecule has 1 aliphatic rings. The zero-order valence-electron chi connectivity index (χ0n) is 19.0. The number of carbonyl (C=O) groups is 1. The van der Waals surface area contributed by atoms with E-state index in [1.165, 1.54) is 0 Å². The van der Waals surface area contributed by atoms with Gasteiger partial charge >= 0.3 is 0 Å². The first-order chi connectivity index (χ1) is 14.8. The van der Waals surface area contributed by atoms with Gasteiger partial charge in [0.15, 0.2) is 5.96 Å². The smallest absolute Gasteiger partial charge is 0.251 e. The lowest BCUT2D eigenvalue weighted by Gasteiger charge is -2.36. The summed E-state index contributed by atoms with van der Waals surface area (Å²) in [4.78, 5) is 22.0. The number of aliphatic imine (C=N–C) groups is 1. The van der Waals surface area contributed by atoms with E-state index in [1.807, 2.05) is 51.1 Å². The molecule has 1 aromatic carbocycles. The Morgan fingerprint density at radius 1 is 1.19 bits per heavy atom. The molecule has 1 amide bonds. The molecular weight excluding hydrogens is 392 g/mol. The largest absolute Gasteiger partial charge is 0.364 e. The fraction of sp³-hybridized carbons (Fsp3) is 0.522. The van der Waals surface area contributed by atoms with Crippen LogP contribution < -0.4 is 10.6 Å². The van der Waals surface area contributed by atoms with Gasteiger partial charge in [-0.1, -0.05) is 17.3 Å². The molecule has 0 saturated carbocycles. The van der Waals surface area contributed by atoms with Gasteiger partial charge in [0.25, 0.3) is 5.91 Å². The molecule has 0 unspecified atom stereocenters. The topological polar surface area (TPSA) is 86.0 Å². The molecule has 0 spiro atoms. The SMILES string of the molecule is CCNC(=NCc1cccc(C(=O)NC(C)(C)C)c1)N1CCN(Cc2ccon2)CC1. The lowest BCUT2D eigenvalue weighted by atomic mass is 10.1. The molecule has 3 rings (SSSR count).